The average Bonchev–Trinajstić information content (AvgIpc) is 2.95. The van der Waals surface area contributed by atoms with Gasteiger partial charge in [0.05, 0.1) is 5.52 Å². The van der Waals surface area contributed by atoms with Crippen LogP contribution in [-0.2, 0) is 0 Å². The highest BCUT2D eigenvalue weighted by atomic mass is 14.7. The molecule has 4 rings (SSSR count). The van der Waals surface area contributed by atoms with Gasteiger partial charge in [-0.05, 0) is 33.9 Å². The van der Waals surface area contributed by atoms with Crippen molar-refractivity contribution in [1.29, 1.82) is 0 Å². The van der Waals surface area contributed by atoms with Crippen molar-refractivity contribution >= 4 is 21.7 Å². The molecule has 0 unspecified atom stereocenters. The van der Waals surface area contributed by atoms with Gasteiger partial charge in [-0.2, -0.15) is 0 Å². The SMILES string of the molecule is c1ccc2cc(-c3cccc4cc[nH]c34)ccc2c1. The second-order valence-electron chi connectivity index (χ2n) is 4.81. The van der Waals surface area contributed by atoms with Crippen LogP contribution in [0.1, 0.15) is 0 Å². The number of fused-ring (bicyclic) bond motifs is 2. The second-order valence-corrected chi connectivity index (χ2v) is 4.81. The summed E-state index contributed by atoms with van der Waals surface area (Å²) in [5, 5.41) is 3.82. The third kappa shape index (κ3) is 1.63. The molecule has 0 aliphatic rings. The maximum absolute atomic E-state index is 3.33. The molecule has 1 aromatic heterocycles. The van der Waals surface area contributed by atoms with Crippen LogP contribution in [0.2, 0.25) is 0 Å². The van der Waals surface area contributed by atoms with E-state index in [1.807, 2.05) is 6.20 Å². The number of H-pyrrole nitrogens is 1. The first kappa shape index (κ1) is 10.4. The Morgan fingerprint density at radius 2 is 1.47 bits per heavy atom. The van der Waals surface area contributed by atoms with Crippen LogP contribution in [0.25, 0.3) is 32.8 Å². The van der Waals surface area contributed by atoms with E-state index in [1.165, 1.54) is 32.8 Å². The highest BCUT2D eigenvalue weighted by Gasteiger charge is 2.04. The van der Waals surface area contributed by atoms with E-state index in [2.05, 4.69) is 71.7 Å². The molecule has 3 aromatic carbocycles. The van der Waals surface area contributed by atoms with E-state index in [-0.39, 0.29) is 0 Å². The van der Waals surface area contributed by atoms with Gasteiger partial charge in [-0.25, -0.2) is 0 Å². The molecule has 90 valence electrons. The maximum atomic E-state index is 3.33. The van der Waals surface area contributed by atoms with Crippen molar-refractivity contribution < 1.29 is 0 Å². The van der Waals surface area contributed by atoms with Gasteiger partial charge in [0.1, 0.15) is 0 Å². The highest BCUT2D eigenvalue weighted by molar-refractivity contribution is 5.97. The first-order valence-electron chi connectivity index (χ1n) is 6.47. The Balaban J connectivity index is 2.01. The van der Waals surface area contributed by atoms with Crippen LogP contribution >= 0.6 is 0 Å². The lowest BCUT2D eigenvalue weighted by Gasteiger charge is -2.05. The van der Waals surface area contributed by atoms with E-state index >= 15 is 0 Å². The van der Waals surface area contributed by atoms with Gasteiger partial charge < -0.3 is 4.98 Å². The molecule has 0 radical (unpaired) electrons. The van der Waals surface area contributed by atoms with Crippen LogP contribution in [0.5, 0.6) is 0 Å². The Morgan fingerprint density at radius 1 is 0.632 bits per heavy atom. The Bertz CT molecular complexity index is 871. The molecule has 0 spiro atoms. The Hall–Kier alpha value is -2.54. The van der Waals surface area contributed by atoms with Crippen LogP contribution in [0.3, 0.4) is 0 Å². The number of hydrogen-bond acceptors (Lipinski definition) is 0. The summed E-state index contributed by atoms with van der Waals surface area (Å²) in [7, 11) is 0. The summed E-state index contributed by atoms with van der Waals surface area (Å²) in [5.41, 5.74) is 3.72. The predicted molar refractivity (Wildman–Crippen MR) is 81.2 cm³/mol. The fourth-order valence-electron chi connectivity index (χ4n) is 2.68. The van der Waals surface area contributed by atoms with Gasteiger partial charge in [0, 0.05) is 11.8 Å². The van der Waals surface area contributed by atoms with Crippen molar-refractivity contribution in [3.8, 4) is 11.1 Å². The summed E-state index contributed by atoms with van der Waals surface area (Å²) in [6, 6.07) is 23.6. The number of hydrogen-bond donors (Lipinski definition) is 1. The lowest BCUT2D eigenvalue weighted by molar-refractivity contribution is 1.47. The van der Waals surface area contributed by atoms with E-state index in [0.717, 1.165) is 0 Å². The minimum absolute atomic E-state index is 1.21. The normalized spacial score (nSPS) is 11.2. The van der Waals surface area contributed by atoms with Crippen molar-refractivity contribution in [3.05, 3.63) is 72.9 Å². The lowest BCUT2D eigenvalue weighted by Crippen LogP contribution is -1.81. The van der Waals surface area contributed by atoms with Gasteiger partial charge in [-0.3, -0.25) is 0 Å². The lowest BCUT2D eigenvalue weighted by atomic mass is 10.00. The molecule has 0 atom stereocenters. The zero-order chi connectivity index (χ0) is 12.7. The highest BCUT2D eigenvalue weighted by Crippen LogP contribution is 2.29. The van der Waals surface area contributed by atoms with Crippen molar-refractivity contribution in [2.75, 3.05) is 0 Å². The molecule has 1 N–H and O–H groups in total. The van der Waals surface area contributed by atoms with Gasteiger partial charge in [0.2, 0.25) is 0 Å². The van der Waals surface area contributed by atoms with E-state index in [1.54, 1.807) is 0 Å². The number of rotatable bonds is 1. The summed E-state index contributed by atoms with van der Waals surface area (Å²) in [6.07, 6.45) is 2.00. The smallest absolute Gasteiger partial charge is 0.0533 e. The molecule has 1 heterocycles. The van der Waals surface area contributed by atoms with Crippen molar-refractivity contribution in [3.63, 3.8) is 0 Å². The van der Waals surface area contributed by atoms with Gasteiger partial charge in [-0.1, -0.05) is 54.6 Å². The predicted octanol–water partition coefficient (Wildman–Crippen LogP) is 4.99. The molecular formula is C18H13N. The zero-order valence-corrected chi connectivity index (χ0v) is 10.4. The Labute approximate surface area is 111 Å². The minimum Gasteiger partial charge on any atom is -0.361 e. The molecule has 0 aliphatic heterocycles. The van der Waals surface area contributed by atoms with Crippen molar-refractivity contribution in [1.82, 2.24) is 4.98 Å². The van der Waals surface area contributed by atoms with Crippen LogP contribution in [0.15, 0.2) is 72.9 Å². The Morgan fingerprint density at radius 3 is 2.42 bits per heavy atom. The van der Waals surface area contributed by atoms with Gasteiger partial charge in [0.15, 0.2) is 0 Å². The molecule has 0 fully saturated rings. The number of para-hydroxylation sites is 1. The minimum atomic E-state index is 1.21. The third-order valence-electron chi connectivity index (χ3n) is 3.65. The quantitative estimate of drug-likeness (QED) is 0.485. The maximum Gasteiger partial charge on any atom is 0.0533 e. The molecule has 0 saturated heterocycles. The van der Waals surface area contributed by atoms with Crippen LogP contribution in [-0.4, -0.2) is 4.98 Å². The first-order valence-corrected chi connectivity index (χ1v) is 6.47. The average molecular weight is 243 g/mol. The summed E-state index contributed by atoms with van der Waals surface area (Å²) < 4.78 is 0. The molecule has 0 amide bonds. The number of benzene rings is 3. The van der Waals surface area contributed by atoms with E-state index in [4.69, 9.17) is 0 Å². The third-order valence-corrected chi connectivity index (χ3v) is 3.65. The largest absolute Gasteiger partial charge is 0.361 e. The van der Waals surface area contributed by atoms with Crippen LogP contribution in [0.4, 0.5) is 0 Å². The molecule has 0 saturated carbocycles. The zero-order valence-electron chi connectivity index (χ0n) is 10.4. The van der Waals surface area contributed by atoms with Gasteiger partial charge in [0.25, 0.3) is 0 Å². The standard InChI is InChI=1S/C18H13N/c1-2-5-15-12-16(9-8-13(15)4-1)17-7-3-6-14-10-11-19-18(14)17/h1-12,19H. The first-order chi connectivity index (χ1) is 9.42. The van der Waals surface area contributed by atoms with Crippen LogP contribution < -0.4 is 0 Å². The van der Waals surface area contributed by atoms with E-state index in [0.29, 0.717) is 0 Å². The fourth-order valence-corrected chi connectivity index (χ4v) is 2.68. The molecular weight excluding hydrogens is 230 g/mol. The van der Waals surface area contributed by atoms with Crippen molar-refractivity contribution in [2.24, 2.45) is 0 Å². The number of aromatic nitrogens is 1. The molecule has 1 nitrogen and oxygen atoms in total. The molecule has 19 heavy (non-hydrogen) atoms. The van der Waals surface area contributed by atoms with Gasteiger partial charge in [-0.15, -0.1) is 0 Å². The van der Waals surface area contributed by atoms with Crippen LogP contribution in [0, 0.1) is 0 Å². The van der Waals surface area contributed by atoms with Crippen molar-refractivity contribution in [2.45, 2.75) is 0 Å². The summed E-state index contributed by atoms with van der Waals surface area (Å²) in [4.78, 5) is 3.33. The monoisotopic (exact) mass is 243 g/mol. The summed E-state index contributed by atoms with van der Waals surface area (Å²) in [5.74, 6) is 0. The number of aromatic amines is 1. The molecule has 4 aromatic rings. The molecule has 0 bridgehead atoms. The fraction of sp³-hybridized carbons (Fsp3) is 0. The Kier molecular flexibility index (Phi) is 2.18. The van der Waals surface area contributed by atoms with Gasteiger partial charge >= 0.3 is 0 Å². The van der Waals surface area contributed by atoms with E-state index in [9.17, 15) is 0 Å². The summed E-state index contributed by atoms with van der Waals surface area (Å²) >= 11 is 0. The number of nitrogens with one attached hydrogen (secondary N) is 1. The second kappa shape index (κ2) is 3.99. The van der Waals surface area contributed by atoms with E-state index < -0.39 is 0 Å². The molecule has 0 aliphatic carbocycles. The topological polar surface area (TPSA) is 15.8 Å². The molecule has 1 heteroatoms. The summed E-state index contributed by atoms with van der Waals surface area (Å²) in [6.45, 7) is 0.